The molecule has 0 aromatic carbocycles. The van der Waals surface area contributed by atoms with Crippen LogP contribution in [0, 0.1) is 5.92 Å². The molecule has 0 aromatic heterocycles. The Balaban J connectivity index is 3.26. The van der Waals surface area contributed by atoms with Gasteiger partial charge in [-0.3, -0.25) is 0 Å². The molecule has 3 nitrogen and oxygen atoms in total. The van der Waals surface area contributed by atoms with Crippen LogP contribution in [0.2, 0.25) is 0 Å². The van der Waals surface area contributed by atoms with Gasteiger partial charge in [0.1, 0.15) is 0 Å². The van der Waals surface area contributed by atoms with Crippen molar-refractivity contribution >= 4 is 0 Å². The number of nitrogens with two attached hydrogens (primary N) is 2. The van der Waals surface area contributed by atoms with Crippen molar-refractivity contribution in [1.82, 2.24) is 5.32 Å². The van der Waals surface area contributed by atoms with Crippen molar-refractivity contribution in [2.24, 2.45) is 17.4 Å². The van der Waals surface area contributed by atoms with Crippen LogP contribution in [0.3, 0.4) is 0 Å². The highest BCUT2D eigenvalue weighted by molar-refractivity contribution is 4.63. The summed E-state index contributed by atoms with van der Waals surface area (Å²) in [6.07, 6.45) is 26.2. The second-order valence-corrected chi connectivity index (χ2v) is 8.86. The second kappa shape index (κ2) is 24.9. The van der Waals surface area contributed by atoms with Crippen LogP contribution in [-0.4, -0.2) is 26.2 Å². The van der Waals surface area contributed by atoms with Crippen molar-refractivity contribution in [3.8, 4) is 0 Å². The van der Waals surface area contributed by atoms with Crippen molar-refractivity contribution in [3.63, 3.8) is 0 Å². The summed E-state index contributed by atoms with van der Waals surface area (Å²) in [5.74, 6) is 0.807. The minimum Gasteiger partial charge on any atom is -0.330 e. The quantitative estimate of drug-likeness (QED) is 0.162. The molecule has 0 aromatic rings. The van der Waals surface area contributed by atoms with Gasteiger partial charge in [-0.15, -0.1) is 0 Å². The van der Waals surface area contributed by atoms with Crippen LogP contribution in [0.25, 0.3) is 0 Å². The third-order valence-electron chi connectivity index (χ3n) is 6.08. The number of hydrogen-bond acceptors (Lipinski definition) is 3. The largest absolute Gasteiger partial charge is 0.330 e. The van der Waals surface area contributed by atoms with Crippen LogP contribution < -0.4 is 16.8 Å². The third kappa shape index (κ3) is 22.2. The van der Waals surface area contributed by atoms with E-state index in [0.29, 0.717) is 0 Å². The van der Waals surface area contributed by atoms with Gasteiger partial charge in [0.2, 0.25) is 0 Å². The maximum Gasteiger partial charge on any atom is -0.00463 e. The van der Waals surface area contributed by atoms with Gasteiger partial charge >= 0.3 is 0 Å². The van der Waals surface area contributed by atoms with Gasteiger partial charge in [0.25, 0.3) is 0 Å². The molecule has 0 aliphatic carbocycles. The average Bonchev–Trinajstić information content (AvgIpc) is 2.70. The molecule has 0 fully saturated rings. The molecular formula is C25H55N3. The molecule has 0 radical (unpaired) electrons. The van der Waals surface area contributed by atoms with E-state index in [9.17, 15) is 0 Å². The highest BCUT2D eigenvalue weighted by Gasteiger charge is 2.07. The van der Waals surface area contributed by atoms with Crippen LogP contribution >= 0.6 is 0 Å². The van der Waals surface area contributed by atoms with Gasteiger partial charge in [0.15, 0.2) is 0 Å². The zero-order valence-electron chi connectivity index (χ0n) is 19.5. The van der Waals surface area contributed by atoms with E-state index in [2.05, 4.69) is 12.2 Å². The SMILES string of the molecule is CCCCCCCCCCCCCCCNCCC(CCN)CCCCCN. The van der Waals surface area contributed by atoms with Crippen molar-refractivity contribution in [2.75, 3.05) is 26.2 Å². The number of unbranched alkanes of at least 4 members (excludes halogenated alkanes) is 14. The molecule has 0 saturated heterocycles. The Morgan fingerprint density at radius 1 is 0.500 bits per heavy atom. The zero-order chi connectivity index (χ0) is 20.5. The maximum atomic E-state index is 5.78. The first-order valence-electron chi connectivity index (χ1n) is 13.0. The highest BCUT2D eigenvalue weighted by Crippen LogP contribution is 2.16. The Bertz CT molecular complexity index is 271. The molecule has 28 heavy (non-hydrogen) atoms. The summed E-state index contributed by atoms with van der Waals surface area (Å²) in [6.45, 7) is 6.32. The number of nitrogens with one attached hydrogen (secondary N) is 1. The van der Waals surface area contributed by atoms with Gasteiger partial charge in [-0.25, -0.2) is 0 Å². The second-order valence-electron chi connectivity index (χ2n) is 8.86. The van der Waals surface area contributed by atoms with E-state index in [1.54, 1.807) is 0 Å². The van der Waals surface area contributed by atoms with E-state index in [1.807, 2.05) is 0 Å². The Labute approximate surface area is 178 Å². The molecule has 1 atom stereocenters. The van der Waals surface area contributed by atoms with E-state index in [1.165, 1.54) is 135 Å². The summed E-state index contributed by atoms with van der Waals surface area (Å²) in [5.41, 5.74) is 11.4. The summed E-state index contributed by atoms with van der Waals surface area (Å²) < 4.78 is 0. The molecular weight excluding hydrogens is 342 g/mol. The van der Waals surface area contributed by atoms with Crippen LogP contribution in [0.1, 0.15) is 129 Å². The van der Waals surface area contributed by atoms with Crippen LogP contribution in [0.5, 0.6) is 0 Å². The zero-order valence-corrected chi connectivity index (χ0v) is 19.5. The fourth-order valence-corrected chi connectivity index (χ4v) is 4.12. The molecule has 0 amide bonds. The summed E-state index contributed by atoms with van der Waals surface area (Å²) in [7, 11) is 0. The third-order valence-corrected chi connectivity index (χ3v) is 6.08. The van der Waals surface area contributed by atoms with E-state index >= 15 is 0 Å². The lowest BCUT2D eigenvalue weighted by Gasteiger charge is -2.16. The molecule has 0 rings (SSSR count). The fraction of sp³-hybridized carbons (Fsp3) is 1.00. The van der Waals surface area contributed by atoms with Gasteiger partial charge in [0, 0.05) is 0 Å². The maximum absolute atomic E-state index is 5.78. The standard InChI is InChI=1S/C25H55N3/c1-2-3-4-5-6-7-8-9-10-11-12-13-17-23-28-24-20-25(19-22-27)18-15-14-16-21-26/h25,28H,2-24,26-27H2,1H3. The average molecular weight is 398 g/mol. The molecule has 1 unspecified atom stereocenters. The predicted molar refractivity (Wildman–Crippen MR) is 128 cm³/mol. The van der Waals surface area contributed by atoms with Gasteiger partial charge in [-0.2, -0.15) is 0 Å². The van der Waals surface area contributed by atoms with Gasteiger partial charge < -0.3 is 16.8 Å². The first-order valence-corrected chi connectivity index (χ1v) is 13.0. The Kier molecular flexibility index (Phi) is 24.8. The lowest BCUT2D eigenvalue weighted by molar-refractivity contribution is 0.394. The summed E-state index contributed by atoms with van der Waals surface area (Å²) >= 11 is 0. The Morgan fingerprint density at radius 2 is 1.04 bits per heavy atom. The lowest BCUT2D eigenvalue weighted by atomic mass is 9.94. The van der Waals surface area contributed by atoms with E-state index in [0.717, 1.165) is 19.0 Å². The van der Waals surface area contributed by atoms with Crippen molar-refractivity contribution in [1.29, 1.82) is 0 Å². The number of hydrogen-bond donors (Lipinski definition) is 3. The first kappa shape index (κ1) is 27.9. The Morgan fingerprint density at radius 3 is 1.57 bits per heavy atom. The Hall–Kier alpha value is -0.120. The first-order chi connectivity index (χ1) is 13.8. The number of rotatable bonds is 24. The van der Waals surface area contributed by atoms with Crippen LogP contribution in [0.4, 0.5) is 0 Å². The highest BCUT2D eigenvalue weighted by atomic mass is 14.8. The normalized spacial score (nSPS) is 12.5. The molecule has 0 aliphatic rings. The minimum atomic E-state index is 0.807. The molecule has 0 aliphatic heterocycles. The van der Waals surface area contributed by atoms with Crippen molar-refractivity contribution < 1.29 is 0 Å². The smallest absolute Gasteiger partial charge is 0.00463 e. The molecule has 5 N–H and O–H groups in total. The fourth-order valence-electron chi connectivity index (χ4n) is 4.12. The molecule has 0 heterocycles. The van der Waals surface area contributed by atoms with Crippen molar-refractivity contribution in [2.45, 2.75) is 129 Å². The topological polar surface area (TPSA) is 64.1 Å². The molecule has 0 spiro atoms. The molecule has 3 heteroatoms. The molecule has 0 bridgehead atoms. The van der Waals surface area contributed by atoms with E-state index in [4.69, 9.17) is 11.5 Å². The summed E-state index contributed by atoms with van der Waals surface area (Å²) in [4.78, 5) is 0. The molecule has 170 valence electrons. The van der Waals surface area contributed by atoms with Crippen LogP contribution in [0.15, 0.2) is 0 Å². The molecule has 0 saturated carbocycles. The van der Waals surface area contributed by atoms with E-state index < -0.39 is 0 Å². The van der Waals surface area contributed by atoms with Gasteiger partial charge in [-0.05, 0) is 57.8 Å². The van der Waals surface area contributed by atoms with Crippen LogP contribution in [-0.2, 0) is 0 Å². The van der Waals surface area contributed by atoms with Gasteiger partial charge in [0.05, 0.1) is 0 Å². The minimum absolute atomic E-state index is 0.807. The van der Waals surface area contributed by atoms with E-state index in [-0.39, 0.29) is 0 Å². The van der Waals surface area contributed by atoms with Gasteiger partial charge in [-0.1, -0.05) is 103 Å². The monoisotopic (exact) mass is 397 g/mol. The van der Waals surface area contributed by atoms with Crippen molar-refractivity contribution in [3.05, 3.63) is 0 Å². The summed E-state index contributed by atoms with van der Waals surface area (Å²) in [6, 6.07) is 0. The summed E-state index contributed by atoms with van der Waals surface area (Å²) in [5, 5.41) is 3.65. The lowest BCUT2D eigenvalue weighted by Crippen LogP contribution is -2.20. The predicted octanol–water partition coefficient (Wildman–Crippen LogP) is 6.54.